The van der Waals surface area contributed by atoms with Gasteiger partial charge in [-0.15, -0.1) is 0 Å². The molecule has 2 aromatic carbocycles. The Bertz CT molecular complexity index is 511. The van der Waals surface area contributed by atoms with Gasteiger partial charge in [-0.25, -0.2) is 4.39 Å². The molecule has 0 aliphatic rings. The first-order chi connectivity index (χ1) is 8.15. The number of benzene rings is 2. The third kappa shape index (κ3) is 3.54. The predicted octanol–water partition coefficient (Wildman–Crippen LogP) is 4.96. The molecule has 0 fully saturated rings. The molecule has 4 heteroatoms. The van der Waals surface area contributed by atoms with Crippen LogP contribution in [0, 0.1) is 5.82 Å². The molecule has 0 saturated heterocycles. The first kappa shape index (κ1) is 12.6. The van der Waals surface area contributed by atoms with Crippen LogP contribution < -0.4 is 5.32 Å². The van der Waals surface area contributed by atoms with Crippen LogP contribution in [0.4, 0.5) is 10.1 Å². The SMILES string of the molecule is Fc1ccc(NCc2ccc(Br)cc2)cc1Br. The first-order valence-corrected chi connectivity index (χ1v) is 6.67. The Hall–Kier alpha value is -0.870. The second kappa shape index (κ2) is 5.65. The Morgan fingerprint density at radius 2 is 1.71 bits per heavy atom. The van der Waals surface area contributed by atoms with Crippen molar-refractivity contribution in [3.8, 4) is 0 Å². The highest BCUT2D eigenvalue weighted by Crippen LogP contribution is 2.20. The van der Waals surface area contributed by atoms with Gasteiger partial charge < -0.3 is 5.32 Å². The molecule has 1 nitrogen and oxygen atoms in total. The van der Waals surface area contributed by atoms with Crippen molar-refractivity contribution in [2.24, 2.45) is 0 Å². The van der Waals surface area contributed by atoms with E-state index in [9.17, 15) is 4.39 Å². The summed E-state index contributed by atoms with van der Waals surface area (Å²) < 4.78 is 14.6. The molecule has 2 rings (SSSR count). The van der Waals surface area contributed by atoms with Crippen molar-refractivity contribution in [1.82, 2.24) is 0 Å². The Kier molecular flexibility index (Phi) is 4.18. The number of hydrogen-bond acceptors (Lipinski definition) is 1. The van der Waals surface area contributed by atoms with E-state index in [0.717, 1.165) is 10.2 Å². The summed E-state index contributed by atoms with van der Waals surface area (Å²) in [5, 5.41) is 3.24. The lowest BCUT2D eigenvalue weighted by Crippen LogP contribution is -1.99. The van der Waals surface area contributed by atoms with Crippen LogP contribution in [-0.2, 0) is 6.54 Å². The highest BCUT2D eigenvalue weighted by atomic mass is 79.9. The molecule has 88 valence electrons. The van der Waals surface area contributed by atoms with E-state index in [1.54, 1.807) is 12.1 Å². The van der Waals surface area contributed by atoms with Crippen molar-refractivity contribution in [3.05, 3.63) is 62.8 Å². The summed E-state index contributed by atoms with van der Waals surface area (Å²) in [5.74, 6) is -0.251. The zero-order chi connectivity index (χ0) is 12.3. The molecule has 0 atom stereocenters. The van der Waals surface area contributed by atoms with Gasteiger partial charge >= 0.3 is 0 Å². The minimum atomic E-state index is -0.251. The molecule has 17 heavy (non-hydrogen) atoms. The Morgan fingerprint density at radius 3 is 2.35 bits per heavy atom. The average molecular weight is 359 g/mol. The van der Waals surface area contributed by atoms with Crippen LogP contribution in [0.25, 0.3) is 0 Å². The van der Waals surface area contributed by atoms with Gasteiger partial charge in [0, 0.05) is 16.7 Å². The van der Waals surface area contributed by atoms with Crippen molar-refractivity contribution in [2.75, 3.05) is 5.32 Å². The molecule has 0 amide bonds. The lowest BCUT2D eigenvalue weighted by atomic mass is 10.2. The van der Waals surface area contributed by atoms with Crippen LogP contribution in [0.5, 0.6) is 0 Å². The maximum Gasteiger partial charge on any atom is 0.137 e. The topological polar surface area (TPSA) is 12.0 Å². The van der Waals surface area contributed by atoms with Crippen molar-refractivity contribution in [1.29, 1.82) is 0 Å². The first-order valence-electron chi connectivity index (χ1n) is 5.08. The van der Waals surface area contributed by atoms with Crippen LogP contribution in [0.15, 0.2) is 51.4 Å². The number of rotatable bonds is 3. The monoisotopic (exact) mass is 357 g/mol. The third-order valence-electron chi connectivity index (χ3n) is 2.33. The van der Waals surface area contributed by atoms with Crippen LogP contribution in [0.3, 0.4) is 0 Å². The van der Waals surface area contributed by atoms with Gasteiger partial charge in [0.05, 0.1) is 4.47 Å². The summed E-state index contributed by atoms with van der Waals surface area (Å²) in [6, 6.07) is 13.0. The van der Waals surface area contributed by atoms with Gasteiger partial charge in [-0.1, -0.05) is 28.1 Å². The lowest BCUT2D eigenvalue weighted by Gasteiger charge is -2.07. The summed E-state index contributed by atoms with van der Waals surface area (Å²) in [6.45, 7) is 0.714. The standard InChI is InChI=1S/C13H10Br2FN/c14-10-3-1-9(2-4-10)8-17-11-5-6-13(16)12(15)7-11/h1-7,17H,8H2. The summed E-state index contributed by atoms with van der Waals surface area (Å²) in [4.78, 5) is 0. The van der Waals surface area contributed by atoms with E-state index in [2.05, 4.69) is 37.2 Å². The lowest BCUT2D eigenvalue weighted by molar-refractivity contribution is 0.621. The van der Waals surface area contributed by atoms with Crippen molar-refractivity contribution < 1.29 is 4.39 Å². The molecule has 0 radical (unpaired) electrons. The van der Waals surface area contributed by atoms with E-state index >= 15 is 0 Å². The summed E-state index contributed by atoms with van der Waals surface area (Å²) in [6.07, 6.45) is 0. The smallest absolute Gasteiger partial charge is 0.137 e. The molecule has 0 aliphatic heterocycles. The van der Waals surface area contributed by atoms with E-state index in [1.807, 2.05) is 24.3 Å². The second-order valence-corrected chi connectivity index (χ2v) is 5.38. The van der Waals surface area contributed by atoms with E-state index < -0.39 is 0 Å². The maximum atomic E-state index is 13.0. The molecule has 0 aliphatic carbocycles. The van der Waals surface area contributed by atoms with Crippen LogP contribution in [-0.4, -0.2) is 0 Å². The fourth-order valence-electron chi connectivity index (χ4n) is 1.41. The van der Waals surface area contributed by atoms with Crippen molar-refractivity contribution in [3.63, 3.8) is 0 Å². The summed E-state index contributed by atoms with van der Waals surface area (Å²) >= 11 is 6.55. The number of anilines is 1. The van der Waals surface area contributed by atoms with Gasteiger partial charge in [0.2, 0.25) is 0 Å². The van der Waals surface area contributed by atoms with Crippen LogP contribution >= 0.6 is 31.9 Å². The number of halogens is 3. The van der Waals surface area contributed by atoms with Crippen molar-refractivity contribution >= 4 is 37.5 Å². The normalized spacial score (nSPS) is 10.3. The Morgan fingerprint density at radius 1 is 1.00 bits per heavy atom. The van der Waals surface area contributed by atoms with E-state index in [1.165, 1.54) is 11.6 Å². The zero-order valence-electron chi connectivity index (χ0n) is 8.88. The minimum Gasteiger partial charge on any atom is -0.381 e. The third-order valence-corrected chi connectivity index (χ3v) is 3.47. The van der Waals surface area contributed by atoms with E-state index in [0.29, 0.717) is 11.0 Å². The van der Waals surface area contributed by atoms with Gasteiger partial charge in [0.15, 0.2) is 0 Å². The quantitative estimate of drug-likeness (QED) is 0.817. The average Bonchev–Trinajstić information content (AvgIpc) is 2.33. The summed E-state index contributed by atoms with van der Waals surface area (Å²) in [7, 11) is 0. The molecular weight excluding hydrogens is 349 g/mol. The van der Waals surface area contributed by atoms with E-state index in [4.69, 9.17) is 0 Å². The van der Waals surface area contributed by atoms with Crippen LogP contribution in [0.1, 0.15) is 5.56 Å². The van der Waals surface area contributed by atoms with Gasteiger partial charge in [-0.3, -0.25) is 0 Å². The molecule has 1 N–H and O–H groups in total. The Labute approximate surface area is 116 Å². The zero-order valence-corrected chi connectivity index (χ0v) is 12.1. The molecule has 0 aromatic heterocycles. The van der Waals surface area contributed by atoms with Crippen molar-refractivity contribution in [2.45, 2.75) is 6.54 Å². The maximum absolute atomic E-state index is 13.0. The molecule has 0 unspecified atom stereocenters. The minimum absolute atomic E-state index is 0.251. The van der Waals surface area contributed by atoms with Gasteiger partial charge in [-0.05, 0) is 51.8 Å². The Balaban J connectivity index is 2.02. The molecule has 2 aromatic rings. The number of hydrogen-bond donors (Lipinski definition) is 1. The largest absolute Gasteiger partial charge is 0.381 e. The van der Waals surface area contributed by atoms with Crippen LogP contribution in [0.2, 0.25) is 0 Å². The summed E-state index contributed by atoms with van der Waals surface area (Å²) in [5.41, 5.74) is 2.06. The van der Waals surface area contributed by atoms with Gasteiger partial charge in [0.1, 0.15) is 5.82 Å². The highest BCUT2D eigenvalue weighted by molar-refractivity contribution is 9.10. The fraction of sp³-hybridized carbons (Fsp3) is 0.0769. The molecular formula is C13H10Br2FN. The molecule has 0 heterocycles. The van der Waals surface area contributed by atoms with Gasteiger partial charge in [-0.2, -0.15) is 0 Å². The highest BCUT2D eigenvalue weighted by Gasteiger charge is 2.00. The predicted molar refractivity (Wildman–Crippen MR) is 75.6 cm³/mol. The van der Waals surface area contributed by atoms with E-state index in [-0.39, 0.29) is 5.82 Å². The van der Waals surface area contributed by atoms with Gasteiger partial charge in [0.25, 0.3) is 0 Å². The number of nitrogens with one attached hydrogen (secondary N) is 1. The molecule has 0 spiro atoms. The molecule has 0 saturated carbocycles. The second-order valence-electron chi connectivity index (χ2n) is 3.61. The fourth-order valence-corrected chi connectivity index (χ4v) is 2.06. The molecule has 0 bridgehead atoms.